The van der Waals surface area contributed by atoms with E-state index in [1.54, 1.807) is 0 Å². The molecule has 2 aliphatic rings. The van der Waals surface area contributed by atoms with Crippen LogP contribution in [-0.4, -0.2) is 48.5 Å². The predicted molar refractivity (Wildman–Crippen MR) is 86.6 cm³/mol. The van der Waals surface area contributed by atoms with Crippen molar-refractivity contribution in [1.82, 2.24) is 4.90 Å². The summed E-state index contributed by atoms with van der Waals surface area (Å²) in [5, 5.41) is 0. The normalized spacial score (nSPS) is 20.7. The topological polar surface area (TPSA) is 48.0 Å². The van der Waals surface area contributed by atoms with E-state index < -0.39 is 5.79 Å². The van der Waals surface area contributed by atoms with Crippen LogP contribution in [0.4, 0.5) is 0 Å². The van der Waals surface area contributed by atoms with Crippen LogP contribution in [0.2, 0.25) is 0 Å². The molecular weight excluding hydrogens is 294 g/mol. The molecule has 2 saturated heterocycles. The van der Waals surface area contributed by atoms with Crippen molar-refractivity contribution in [3.8, 4) is 5.75 Å². The summed E-state index contributed by atoms with van der Waals surface area (Å²) in [6.07, 6.45) is 1.48. The number of carbonyl (C=O) groups excluding carboxylic acids is 1. The molecule has 5 heteroatoms. The van der Waals surface area contributed by atoms with Gasteiger partial charge < -0.3 is 19.1 Å². The fourth-order valence-corrected chi connectivity index (χ4v) is 3.04. The summed E-state index contributed by atoms with van der Waals surface area (Å²) >= 11 is 0. The summed E-state index contributed by atoms with van der Waals surface area (Å²) in [5.74, 6) is 0.390. The van der Waals surface area contributed by atoms with E-state index in [1.807, 2.05) is 49.9 Å². The molecule has 0 bridgehead atoms. The molecule has 1 spiro atoms. The lowest BCUT2D eigenvalue weighted by Gasteiger charge is -2.37. The molecule has 0 aliphatic carbocycles. The minimum atomic E-state index is -0.443. The predicted octanol–water partition coefficient (Wildman–Crippen LogP) is 2.84. The van der Waals surface area contributed by atoms with Gasteiger partial charge in [0.2, 0.25) is 0 Å². The van der Waals surface area contributed by atoms with Gasteiger partial charge in [-0.05, 0) is 45.0 Å². The number of likely N-dealkylation sites (tertiary alicyclic amines) is 1. The number of carbonyl (C=O) groups is 1. The standard InChI is InChI=1S/C18H25NO4/c1-17(2,3)23-15-6-4-14(5-7-15)16(20)19-10-8-18(9-11-19)21-12-13-22-18/h4-7H,8-13H2,1-3H3. The minimum absolute atomic E-state index is 0.0557. The molecule has 0 N–H and O–H groups in total. The van der Waals surface area contributed by atoms with E-state index in [-0.39, 0.29) is 11.5 Å². The first-order chi connectivity index (χ1) is 10.9. The number of ether oxygens (including phenoxy) is 3. The van der Waals surface area contributed by atoms with E-state index in [4.69, 9.17) is 14.2 Å². The van der Waals surface area contributed by atoms with Crippen molar-refractivity contribution in [2.75, 3.05) is 26.3 Å². The molecule has 3 rings (SSSR count). The monoisotopic (exact) mass is 319 g/mol. The van der Waals surface area contributed by atoms with Gasteiger partial charge >= 0.3 is 0 Å². The third kappa shape index (κ3) is 3.85. The molecule has 23 heavy (non-hydrogen) atoms. The molecule has 2 fully saturated rings. The molecular formula is C18H25NO4. The van der Waals surface area contributed by atoms with Crippen molar-refractivity contribution in [1.29, 1.82) is 0 Å². The van der Waals surface area contributed by atoms with Crippen LogP contribution in [0, 0.1) is 0 Å². The zero-order valence-electron chi connectivity index (χ0n) is 14.1. The Bertz CT molecular complexity index is 545. The Hall–Kier alpha value is -1.59. The van der Waals surface area contributed by atoms with Crippen LogP contribution in [0.5, 0.6) is 5.75 Å². The lowest BCUT2D eigenvalue weighted by atomic mass is 10.0. The number of piperidine rings is 1. The van der Waals surface area contributed by atoms with Gasteiger partial charge in [0.05, 0.1) is 13.2 Å². The van der Waals surface area contributed by atoms with E-state index in [0.29, 0.717) is 31.9 Å². The highest BCUT2D eigenvalue weighted by molar-refractivity contribution is 5.94. The van der Waals surface area contributed by atoms with Crippen molar-refractivity contribution in [2.45, 2.75) is 45.0 Å². The minimum Gasteiger partial charge on any atom is -0.488 e. The fraction of sp³-hybridized carbons (Fsp3) is 0.611. The number of hydrogen-bond donors (Lipinski definition) is 0. The lowest BCUT2D eigenvalue weighted by Crippen LogP contribution is -2.47. The van der Waals surface area contributed by atoms with Crippen molar-refractivity contribution < 1.29 is 19.0 Å². The van der Waals surface area contributed by atoms with Gasteiger partial charge in [-0.3, -0.25) is 4.79 Å². The summed E-state index contributed by atoms with van der Waals surface area (Å²) in [6, 6.07) is 7.37. The van der Waals surface area contributed by atoms with E-state index in [1.165, 1.54) is 0 Å². The number of nitrogens with zero attached hydrogens (tertiary/aromatic N) is 1. The maximum absolute atomic E-state index is 12.6. The maximum atomic E-state index is 12.6. The highest BCUT2D eigenvalue weighted by Gasteiger charge is 2.40. The molecule has 1 amide bonds. The first-order valence-electron chi connectivity index (χ1n) is 8.23. The number of hydrogen-bond acceptors (Lipinski definition) is 4. The van der Waals surface area contributed by atoms with E-state index in [0.717, 1.165) is 18.6 Å². The molecule has 0 radical (unpaired) electrons. The summed E-state index contributed by atoms with van der Waals surface area (Å²) in [7, 11) is 0. The van der Waals surface area contributed by atoms with Crippen LogP contribution >= 0.6 is 0 Å². The van der Waals surface area contributed by atoms with Crippen LogP contribution in [-0.2, 0) is 9.47 Å². The third-order valence-electron chi connectivity index (χ3n) is 4.15. The van der Waals surface area contributed by atoms with Gasteiger partial charge in [0, 0.05) is 31.5 Å². The summed E-state index contributed by atoms with van der Waals surface area (Å²) < 4.78 is 17.2. The Morgan fingerprint density at radius 2 is 1.65 bits per heavy atom. The zero-order valence-corrected chi connectivity index (χ0v) is 14.1. The van der Waals surface area contributed by atoms with E-state index in [2.05, 4.69) is 0 Å². The first kappa shape index (κ1) is 16.3. The number of rotatable bonds is 2. The first-order valence-corrected chi connectivity index (χ1v) is 8.23. The molecule has 126 valence electrons. The SMILES string of the molecule is CC(C)(C)Oc1ccc(C(=O)N2CCC3(CC2)OCCO3)cc1. The second kappa shape index (κ2) is 6.13. The Labute approximate surface area is 137 Å². The maximum Gasteiger partial charge on any atom is 0.253 e. The van der Waals surface area contributed by atoms with Gasteiger partial charge in [-0.1, -0.05) is 0 Å². The van der Waals surface area contributed by atoms with E-state index in [9.17, 15) is 4.79 Å². The van der Waals surface area contributed by atoms with Crippen LogP contribution in [0.15, 0.2) is 24.3 Å². The van der Waals surface area contributed by atoms with Gasteiger partial charge in [0.15, 0.2) is 5.79 Å². The largest absolute Gasteiger partial charge is 0.488 e. The summed E-state index contributed by atoms with van der Waals surface area (Å²) in [4.78, 5) is 14.5. The van der Waals surface area contributed by atoms with Gasteiger partial charge in [-0.15, -0.1) is 0 Å². The van der Waals surface area contributed by atoms with Gasteiger partial charge in [0.25, 0.3) is 5.91 Å². The van der Waals surface area contributed by atoms with Crippen LogP contribution in [0.1, 0.15) is 44.0 Å². The molecule has 1 aromatic carbocycles. The van der Waals surface area contributed by atoms with Crippen LogP contribution in [0.25, 0.3) is 0 Å². The Balaban J connectivity index is 1.60. The van der Waals surface area contributed by atoms with Crippen molar-refractivity contribution in [2.24, 2.45) is 0 Å². The summed E-state index contributed by atoms with van der Waals surface area (Å²) in [6.45, 7) is 8.65. The van der Waals surface area contributed by atoms with Gasteiger partial charge in [-0.2, -0.15) is 0 Å². The third-order valence-corrected chi connectivity index (χ3v) is 4.15. The molecule has 0 aromatic heterocycles. The van der Waals surface area contributed by atoms with E-state index >= 15 is 0 Å². The van der Waals surface area contributed by atoms with Crippen molar-refractivity contribution >= 4 is 5.91 Å². The van der Waals surface area contributed by atoms with Crippen LogP contribution < -0.4 is 4.74 Å². The molecule has 1 aromatic rings. The van der Waals surface area contributed by atoms with Crippen molar-refractivity contribution in [3.05, 3.63) is 29.8 Å². The smallest absolute Gasteiger partial charge is 0.253 e. The fourth-order valence-electron chi connectivity index (χ4n) is 3.04. The zero-order chi connectivity index (χ0) is 16.5. The lowest BCUT2D eigenvalue weighted by molar-refractivity contribution is -0.181. The second-order valence-corrected chi connectivity index (χ2v) is 7.14. The molecule has 2 heterocycles. The van der Waals surface area contributed by atoms with Crippen LogP contribution in [0.3, 0.4) is 0 Å². The Kier molecular flexibility index (Phi) is 4.34. The number of amides is 1. The van der Waals surface area contributed by atoms with Gasteiger partial charge in [0.1, 0.15) is 11.4 Å². The highest BCUT2D eigenvalue weighted by atomic mass is 16.7. The quantitative estimate of drug-likeness (QED) is 0.841. The Morgan fingerprint density at radius 3 is 2.17 bits per heavy atom. The molecule has 0 saturated carbocycles. The summed E-state index contributed by atoms with van der Waals surface area (Å²) in [5.41, 5.74) is 0.448. The Morgan fingerprint density at radius 1 is 1.09 bits per heavy atom. The molecule has 0 atom stereocenters. The van der Waals surface area contributed by atoms with Crippen molar-refractivity contribution in [3.63, 3.8) is 0 Å². The second-order valence-electron chi connectivity index (χ2n) is 7.14. The average molecular weight is 319 g/mol. The average Bonchev–Trinajstić information content (AvgIpc) is 2.95. The molecule has 0 unspecified atom stereocenters. The molecule has 2 aliphatic heterocycles. The number of benzene rings is 1. The van der Waals surface area contributed by atoms with Gasteiger partial charge in [-0.25, -0.2) is 0 Å². The molecule has 5 nitrogen and oxygen atoms in total. The highest BCUT2D eigenvalue weighted by Crippen LogP contribution is 2.31.